The molecule has 3 rings (SSSR count). The monoisotopic (exact) mass is 307 g/mol. The van der Waals surface area contributed by atoms with Crippen LogP contribution in [0, 0.1) is 5.92 Å². The van der Waals surface area contributed by atoms with E-state index in [1.807, 2.05) is 0 Å². The van der Waals surface area contributed by atoms with E-state index in [-0.39, 0.29) is 24.2 Å². The number of fused-ring (bicyclic) bond motifs is 1. The molecule has 112 valence electrons. The van der Waals surface area contributed by atoms with Gasteiger partial charge in [-0.1, -0.05) is 37.3 Å². The van der Waals surface area contributed by atoms with Gasteiger partial charge >= 0.3 is 0 Å². The van der Waals surface area contributed by atoms with E-state index in [0.717, 1.165) is 25.7 Å². The molecule has 1 amide bonds. The highest BCUT2D eigenvalue weighted by molar-refractivity contribution is 6.34. The molecular weight excluding hydrogens is 290 g/mol. The van der Waals surface area contributed by atoms with Crippen molar-refractivity contribution < 1.29 is 14.3 Å². The summed E-state index contributed by atoms with van der Waals surface area (Å²) in [5.41, 5.74) is 1.05. The van der Waals surface area contributed by atoms with Crippen molar-refractivity contribution >= 4 is 29.0 Å². The van der Waals surface area contributed by atoms with Crippen LogP contribution in [0.5, 0.6) is 5.75 Å². The Hall–Kier alpha value is -1.55. The number of halogens is 1. The van der Waals surface area contributed by atoms with E-state index in [1.165, 1.54) is 12.8 Å². The Kier molecular flexibility index (Phi) is 4.15. The molecule has 5 heteroatoms. The molecule has 1 aromatic carbocycles. The van der Waals surface area contributed by atoms with Gasteiger partial charge < -0.3 is 10.1 Å². The highest BCUT2D eigenvalue weighted by Gasteiger charge is 2.26. The largest absolute Gasteiger partial charge is 0.482 e. The number of rotatable bonds is 2. The van der Waals surface area contributed by atoms with Gasteiger partial charge in [0.05, 0.1) is 10.7 Å². The van der Waals surface area contributed by atoms with Crippen molar-refractivity contribution in [3.8, 4) is 5.75 Å². The standard InChI is InChI=1S/C16H18ClNO3/c17-12-8-13-14(21-9-15(19)18-13)7-11(12)16(20)10-5-3-1-2-4-6-10/h7-8,10H,1-6,9H2,(H,18,19). The van der Waals surface area contributed by atoms with Crippen molar-refractivity contribution in [2.45, 2.75) is 38.5 Å². The molecule has 0 radical (unpaired) electrons. The Morgan fingerprint density at radius 1 is 1.19 bits per heavy atom. The summed E-state index contributed by atoms with van der Waals surface area (Å²) in [6.45, 7) is -0.0221. The summed E-state index contributed by atoms with van der Waals surface area (Å²) >= 11 is 6.24. The maximum Gasteiger partial charge on any atom is 0.262 e. The van der Waals surface area contributed by atoms with Crippen LogP contribution in [0.1, 0.15) is 48.9 Å². The van der Waals surface area contributed by atoms with E-state index in [0.29, 0.717) is 22.0 Å². The molecule has 0 saturated heterocycles. The Morgan fingerprint density at radius 3 is 2.62 bits per heavy atom. The van der Waals surface area contributed by atoms with Gasteiger partial charge in [0.25, 0.3) is 5.91 Å². The van der Waals surface area contributed by atoms with Gasteiger partial charge in [0.15, 0.2) is 12.4 Å². The van der Waals surface area contributed by atoms with Gasteiger partial charge in [-0.3, -0.25) is 9.59 Å². The van der Waals surface area contributed by atoms with Crippen molar-refractivity contribution in [2.75, 3.05) is 11.9 Å². The molecule has 0 unspecified atom stereocenters. The first-order chi connectivity index (χ1) is 10.1. The molecule has 1 aliphatic heterocycles. The summed E-state index contributed by atoms with van der Waals surface area (Å²) in [6, 6.07) is 3.28. The zero-order valence-corrected chi connectivity index (χ0v) is 12.5. The lowest BCUT2D eigenvalue weighted by Crippen LogP contribution is -2.26. The molecular formula is C16H18ClNO3. The lowest BCUT2D eigenvalue weighted by atomic mass is 9.90. The number of carbonyl (C=O) groups is 2. The molecule has 1 fully saturated rings. The van der Waals surface area contributed by atoms with E-state index in [9.17, 15) is 9.59 Å². The van der Waals surface area contributed by atoms with Crippen LogP contribution >= 0.6 is 11.6 Å². The maximum absolute atomic E-state index is 12.7. The van der Waals surface area contributed by atoms with Gasteiger partial charge in [0.1, 0.15) is 5.75 Å². The van der Waals surface area contributed by atoms with Gasteiger partial charge in [0, 0.05) is 11.5 Å². The van der Waals surface area contributed by atoms with Crippen LogP contribution in [0.25, 0.3) is 0 Å². The SMILES string of the molecule is O=C1COc2cc(C(=O)C3CCCCCC3)c(Cl)cc2N1. The minimum Gasteiger partial charge on any atom is -0.482 e. The molecule has 0 spiro atoms. The first kappa shape index (κ1) is 14.4. The van der Waals surface area contributed by atoms with Crippen molar-refractivity contribution in [3.63, 3.8) is 0 Å². The number of ether oxygens (including phenoxy) is 1. The molecule has 1 aromatic rings. The quantitative estimate of drug-likeness (QED) is 0.667. The Labute approximate surface area is 128 Å². The van der Waals surface area contributed by atoms with Gasteiger partial charge in [-0.25, -0.2) is 0 Å². The number of hydrogen-bond acceptors (Lipinski definition) is 3. The number of ketones is 1. The zero-order valence-electron chi connectivity index (χ0n) is 11.8. The van der Waals surface area contributed by atoms with Crippen molar-refractivity contribution in [1.29, 1.82) is 0 Å². The van der Waals surface area contributed by atoms with Gasteiger partial charge in [-0.05, 0) is 25.0 Å². The fourth-order valence-corrected chi connectivity index (χ4v) is 3.31. The smallest absolute Gasteiger partial charge is 0.262 e. The number of anilines is 1. The fourth-order valence-electron chi connectivity index (χ4n) is 3.05. The van der Waals surface area contributed by atoms with Crippen molar-refractivity contribution in [3.05, 3.63) is 22.7 Å². The number of amides is 1. The van der Waals surface area contributed by atoms with Crippen LogP contribution in [0.2, 0.25) is 5.02 Å². The van der Waals surface area contributed by atoms with E-state index in [1.54, 1.807) is 12.1 Å². The number of hydrogen-bond donors (Lipinski definition) is 1. The van der Waals surface area contributed by atoms with Gasteiger partial charge in [0.2, 0.25) is 0 Å². The molecule has 21 heavy (non-hydrogen) atoms. The third kappa shape index (κ3) is 3.05. The number of Topliss-reactive ketones (excluding diaryl/α,β-unsaturated/α-hetero) is 1. The fraction of sp³-hybridized carbons (Fsp3) is 0.500. The summed E-state index contributed by atoms with van der Waals surface area (Å²) in [4.78, 5) is 24.0. The second kappa shape index (κ2) is 6.06. The average Bonchev–Trinajstić information content (AvgIpc) is 2.74. The third-order valence-electron chi connectivity index (χ3n) is 4.19. The summed E-state index contributed by atoms with van der Waals surface area (Å²) in [5, 5.41) is 3.08. The highest BCUT2D eigenvalue weighted by Crippen LogP contribution is 2.36. The highest BCUT2D eigenvalue weighted by atomic mass is 35.5. The number of benzene rings is 1. The van der Waals surface area contributed by atoms with E-state index in [4.69, 9.17) is 16.3 Å². The van der Waals surface area contributed by atoms with Crippen LogP contribution in [0.3, 0.4) is 0 Å². The summed E-state index contributed by atoms with van der Waals surface area (Å²) in [5.74, 6) is 0.476. The van der Waals surface area contributed by atoms with E-state index < -0.39 is 0 Å². The lowest BCUT2D eigenvalue weighted by Gasteiger charge is -2.20. The first-order valence-electron chi connectivity index (χ1n) is 7.45. The molecule has 1 saturated carbocycles. The summed E-state index contributed by atoms with van der Waals surface area (Å²) < 4.78 is 5.37. The topological polar surface area (TPSA) is 55.4 Å². The van der Waals surface area contributed by atoms with Crippen molar-refractivity contribution in [2.24, 2.45) is 5.92 Å². The van der Waals surface area contributed by atoms with Gasteiger partial charge in [-0.2, -0.15) is 0 Å². The molecule has 0 atom stereocenters. The normalized spacial score (nSPS) is 19.2. The van der Waals surface area contributed by atoms with Gasteiger partial charge in [-0.15, -0.1) is 0 Å². The van der Waals surface area contributed by atoms with Crippen LogP contribution in [-0.2, 0) is 4.79 Å². The second-order valence-electron chi connectivity index (χ2n) is 5.72. The molecule has 0 aromatic heterocycles. The first-order valence-corrected chi connectivity index (χ1v) is 7.83. The minimum atomic E-state index is -0.207. The van der Waals surface area contributed by atoms with Crippen LogP contribution < -0.4 is 10.1 Å². The molecule has 1 aliphatic carbocycles. The molecule has 1 heterocycles. The van der Waals surface area contributed by atoms with E-state index in [2.05, 4.69) is 5.32 Å². The Bertz CT molecular complexity index is 577. The third-order valence-corrected chi connectivity index (χ3v) is 4.51. The zero-order chi connectivity index (χ0) is 14.8. The summed E-state index contributed by atoms with van der Waals surface area (Å²) in [6.07, 6.45) is 6.48. The predicted octanol–water partition coefficient (Wildman–Crippen LogP) is 3.82. The maximum atomic E-state index is 12.7. The van der Waals surface area contributed by atoms with Crippen LogP contribution in [0.15, 0.2) is 12.1 Å². The summed E-state index contributed by atoms with van der Waals surface area (Å²) in [7, 11) is 0. The molecule has 4 nitrogen and oxygen atoms in total. The molecule has 0 bridgehead atoms. The molecule has 2 aliphatic rings. The predicted molar refractivity (Wildman–Crippen MR) is 81.1 cm³/mol. The van der Waals surface area contributed by atoms with Crippen LogP contribution in [-0.4, -0.2) is 18.3 Å². The number of carbonyl (C=O) groups excluding carboxylic acids is 2. The lowest BCUT2D eigenvalue weighted by molar-refractivity contribution is -0.118. The minimum absolute atomic E-state index is 0.0221. The number of nitrogens with one attached hydrogen (secondary N) is 1. The van der Waals surface area contributed by atoms with Crippen molar-refractivity contribution in [1.82, 2.24) is 0 Å². The Balaban J connectivity index is 1.87. The van der Waals surface area contributed by atoms with E-state index >= 15 is 0 Å². The van der Waals surface area contributed by atoms with Crippen LogP contribution in [0.4, 0.5) is 5.69 Å². The average molecular weight is 308 g/mol. The second-order valence-corrected chi connectivity index (χ2v) is 6.13. The molecule has 1 N–H and O–H groups in total. The Morgan fingerprint density at radius 2 is 1.90 bits per heavy atom.